The Labute approximate surface area is 103 Å². The summed E-state index contributed by atoms with van der Waals surface area (Å²) in [6, 6.07) is 10.4. The molecule has 3 heteroatoms. The first kappa shape index (κ1) is 12.1. The second-order valence-corrected chi connectivity index (χ2v) is 4.53. The van der Waals surface area contributed by atoms with Gasteiger partial charge in [0.15, 0.2) is 0 Å². The molecule has 1 aromatic rings. The highest BCUT2D eigenvalue weighted by atomic mass is 16.2. The van der Waals surface area contributed by atoms with Gasteiger partial charge in [-0.25, -0.2) is 0 Å². The van der Waals surface area contributed by atoms with Gasteiger partial charge in [-0.1, -0.05) is 30.3 Å². The van der Waals surface area contributed by atoms with E-state index in [1.807, 2.05) is 6.07 Å². The number of rotatable bonds is 5. The number of hydrogen-bond acceptors (Lipinski definition) is 2. The summed E-state index contributed by atoms with van der Waals surface area (Å²) in [6.45, 7) is 1.74. The lowest BCUT2D eigenvalue weighted by Crippen LogP contribution is -2.40. The van der Waals surface area contributed by atoms with Crippen LogP contribution < -0.4 is 10.6 Å². The minimum Gasteiger partial charge on any atom is -0.355 e. The lowest BCUT2D eigenvalue weighted by Gasteiger charge is -2.10. The van der Waals surface area contributed by atoms with Gasteiger partial charge >= 0.3 is 0 Å². The van der Waals surface area contributed by atoms with Crippen molar-refractivity contribution < 1.29 is 4.79 Å². The zero-order valence-corrected chi connectivity index (χ0v) is 10.1. The van der Waals surface area contributed by atoms with Crippen LogP contribution in [0.1, 0.15) is 24.8 Å². The van der Waals surface area contributed by atoms with E-state index in [1.54, 1.807) is 0 Å². The third kappa shape index (κ3) is 3.86. The molecule has 1 saturated heterocycles. The minimum absolute atomic E-state index is 0.0479. The first-order chi connectivity index (χ1) is 8.36. The van der Waals surface area contributed by atoms with Crippen molar-refractivity contribution in [2.24, 2.45) is 0 Å². The van der Waals surface area contributed by atoms with E-state index in [4.69, 9.17) is 0 Å². The molecule has 0 spiro atoms. The highest BCUT2D eigenvalue weighted by Gasteiger charge is 2.20. The average molecular weight is 232 g/mol. The highest BCUT2D eigenvalue weighted by molar-refractivity contribution is 5.81. The van der Waals surface area contributed by atoms with E-state index in [-0.39, 0.29) is 11.9 Å². The van der Waals surface area contributed by atoms with Crippen molar-refractivity contribution >= 4 is 5.91 Å². The fourth-order valence-electron chi connectivity index (χ4n) is 2.18. The van der Waals surface area contributed by atoms with Crippen LogP contribution in [0.15, 0.2) is 30.3 Å². The van der Waals surface area contributed by atoms with Crippen molar-refractivity contribution in [3.63, 3.8) is 0 Å². The van der Waals surface area contributed by atoms with Crippen molar-refractivity contribution in [3.8, 4) is 0 Å². The Balaban J connectivity index is 1.61. The molecular formula is C14H20N2O. The molecule has 1 aliphatic rings. The number of amides is 1. The lowest BCUT2D eigenvalue weighted by molar-refractivity contribution is -0.122. The fraction of sp³-hybridized carbons (Fsp3) is 0.500. The average Bonchev–Trinajstić information content (AvgIpc) is 2.89. The maximum Gasteiger partial charge on any atom is 0.237 e. The Hall–Kier alpha value is -1.35. The van der Waals surface area contributed by atoms with Crippen LogP contribution in [-0.2, 0) is 11.2 Å². The molecular weight excluding hydrogens is 212 g/mol. The van der Waals surface area contributed by atoms with Gasteiger partial charge in [0.05, 0.1) is 6.04 Å². The van der Waals surface area contributed by atoms with E-state index < -0.39 is 0 Å². The molecule has 1 amide bonds. The van der Waals surface area contributed by atoms with Crippen molar-refractivity contribution in [2.45, 2.75) is 31.7 Å². The summed E-state index contributed by atoms with van der Waals surface area (Å²) >= 11 is 0. The zero-order valence-electron chi connectivity index (χ0n) is 10.1. The van der Waals surface area contributed by atoms with Gasteiger partial charge in [0.2, 0.25) is 5.91 Å². The van der Waals surface area contributed by atoms with Crippen LogP contribution in [0, 0.1) is 0 Å². The third-order valence-corrected chi connectivity index (χ3v) is 3.16. The number of hydrogen-bond donors (Lipinski definition) is 2. The van der Waals surface area contributed by atoms with Gasteiger partial charge in [-0.3, -0.25) is 4.79 Å². The molecule has 2 rings (SSSR count). The van der Waals surface area contributed by atoms with Crippen LogP contribution in [-0.4, -0.2) is 25.0 Å². The van der Waals surface area contributed by atoms with Crippen LogP contribution in [0.2, 0.25) is 0 Å². The van der Waals surface area contributed by atoms with E-state index in [0.717, 1.165) is 38.8 Å². The maximum absolute atomic E-state index is 11.7. The van der Waals surface area contributed by atoms with E-state index in [0.29, 0.717) is 0 Å². The molecule has 0 saturated carbocycles. The molecule has 3 nitrogen and oxygen atoms in total. The van der Waals surface area contributed by atoms with Crippen molar-refractivity contribution in [3.05, 3.63) is 35.9 Å². The monoisotopic (exact) mass is 232 g/mol. The van der Waals surface area contributed by atoms with Gasteiger partial charge < -0.3 is 10.6 Å². The topological polar surface area (TPSA) is 41.1 Å². The second-order valence-electron chi connectivity index (χ2n) is 4.53. The molecule has 1 unspecified atom stereocenters. The molecule has 1 heterocycles. The fourth-order valence-corrected chi connectivity index (χ4v) is 2.18. The predicted molar refractivity (Wildman–Crippen MR) is 68.8 cm³/mol. The minimum atomic E-state index is 0.0479. The van der Waals surface area contributed by atoms with Crippen LogP contribution >= 0.6 is 0 Å². The van der Waals surface area contributed by atoms with Gasteiger partial charge in [0.25, 0.3) is 0 Å². The van der Waals surface area contributed by atoms with Crippen molar-refractivity contribution in [2.75, 3.05) is 13.1 Å². The Bertz CT molecular complexity index is 344. The van der Waals surface area contributed by atoms with Crippen LogP contribution in [0.5, 0.6) is 0 Å². The summed E-state index contributed by atoms with van der Waals surface area (Å²) in [5, 5.41) is 6.20. The summed E-state index contributed by atoms with van der Waals surface area (Å²) in [6.07, 6.45) is 4.12. The van der Waals surface area contributed by atoms with Crippen LogP contribution in [0.25, 0.3) is 0 Å². The molecule has 1 atom stereocenters. The quantitative estimate of drug-likeness (QED) is 0.755. The Morgan fingerprint density at radius 3 is 2.88 bits per heavy atom. The molecule has 0 bridgehead atoms. The smallest absolute Gasteiger partial charge is 0.237 e. The predicted octanol–water partition coefficient (Wildman–Crippen LogP) is 1.49. The number of benzene rings is 1. The van der Waals surface area contributed by atoms with Gasteiger partial charge in [0.1, 0.15) is 0 Å². The zero-order chi connectivity index (χ0) is 11.9. The third-order valence-electron chi connectivity index (χ3n) is 3.16. The number of nitrogens with one attached hydrogen (secondary N) is 2. The standard InChI is InChI=1S/C14H20N2O/c17-14(13-9-5-10-15-13)16-11-4-8-12-6-2-1-3-7-12/h1-3,6-7,13,15H,4-5,8-11H2,(H,16,17). The summed E-state index contributed by atoms with van der Waals surface area (Å²) in [4.78, 5) is 11.7. The first-order valence-corrected chi connectivity index (χ1v) is 6.41. The largest absolute Gasteiger partial charge is 0.355 e. The van der Waals surface area contributed by atoms with Gasteiger partial charge in [-0.05, 0) is 37.8 Å². The number of carbonyl (C=O) groups excluding carboxylic acids is 1. The molecule has 1 aliphatic heterocycles. The Morgan fingerprint density at radius 1 is 1.35 bits per heavy atom. The molecule has 0 radical (unpaired) electrons. The number of aryl methyl sites for hydroxylation is 1. The summed E-state index contributed by atoms with van der Waals surface area (Å²) < 4.78 is 0. The summed E-state index contributed by atoms with van der Waals surface area (Å²) in [5.41, 5.74) is 1.33. The first-order valence-electron chi connectivity index (χ1n) is 6.41. The summed E-state index contributed by atoms with van der Waals surface area (Å²) in [5.74, 6) is 0.163. The Morgan fingerprint density at radius 2 is 2.18 bits per heavy atom. The molecule has 1 fully saturated rings. The van der Waals surface area contributed by atoms with E-state index in [2.05, 4.69) is 34.9 Å². The molecule has 1 aromatic carbocycles. The maximum atomic E-state index is 11.7. The van der Waals surface area contributed by atoms with Crippen molar-refractivity contribution in [1.29, 1.82) is 0 Å². The second kappa shape index (κ2) is 6.40. The lowest BCUT2D eigenvalue weighted by atomic mass is 10.1. The van der Waals surface area contributed by atoms with Crippen molar-refractivity contribution in [1.82, 2.24) is 10.6 Å². The SMILES string of the molecule is O=C(NCCCc1ccccc1)C1CCCN1. The van der Waals surface area contributed by atoms with Crippen LogP contribution in [0.3, 0.4) is 0 Å². The van der Waals surface area contributed by atoms with Crippen LogP contribution in [0.4, 0.5) is 0 Å². The van der Waals surface area contributed by atoms with Gasteiger partial charge in [0, 0.05) is 6.54 Å². The molecule has 2 N–H and O–H groups in total. The molecule has 92 valence electrons. The van der Waals surface area contributed by atoms with E-state index >= 15 is 0 Å². The summed E-state index contributed by atoms with van der Waals surface area (Å²) in [7, 11) is 0. The van der Waals surface area contributed by atoms with Gasteiger partial charge in [-0.15, -0.1) is 0 Å². The van der Waals surface area contributed by atoms with E-state index in [1.165, 1.54) is 5.56 Å². The van der Waals surface area contributed by atoms with E-state index in [9.17, 15) is 4.79 Å². The Kier molecular flexibility index (Phi) is 4.56. The molecule has 17 heavy (non-hydrogen) atoms. The highest BCUT2D eigenvalue weighted by Crippen LogP contribution is 2.05. The molecule has 0 aliphatic carbocycles. The normalized spacial score (nSPS) is 19.2. The molecule has 0 aromatic heterocycles. The number of carbonyl (C=O) groups is 1. The van der Waals surface area contributed by atoms with Gasteiger partial charge in [-0.2, -0.15) is 0 Å².